The number of aromatic nitrogens is 1. The molecule has 0 spiro atoms. The molecule has 0 fully saturated rings. The second-order valence-electron chi connectivity index (χ2n) is 2.92. The summed E-state index contributed by atoms with van der Waals surface area (Å²) in [6.45, 7) is 0. The third-order valence-electron chi connectivity index (χ3n) is 2.02. The third kappa shape index (κ3) is 2.07. The third-order valence-corrected chi connectivity index (χ3v) is 3.96. The molecule has 4 nitrogen and oxygen atoms in total. The predicted octanol–water partition coefficient (Wildman–Crippen LogP) is 2.25. The molecule has 0 unspecified atom stereocenters. The molecule has 84 valence electrons. The van der Waals surface area contributed by atoms with Gasteiger partial charge in [-0.2, -0.15) is 4.98 Å². The van der Waals surface area contributed by atoms with E-state index >= 15 is 0 Å². The van der Waals surface area contributed by atoms with E-state index in [0.717, 1.165) is 15.9 Å². The highest BCUT2D eigenvalue weighted by atomic mass is 32.9. The maximum Gasteiger partial charge on any atom is 0.337 e. The summed E-state index contributed by atoms with van der Waals surface area (Å²) in [5.74, 6) is 1.39. The summed E-state index contributed by atoms with van der Waals surface area (Å²) in [4.78, 5) is 14.8. The topological polar surface area (TPSA) is 48.4 Å². The molecule has 2 aromatic rings. The van der Waals surface area contributed by atoms with Gasteiger partial charge in [-0.1, -0.05) is 10.3 Å². The molecule has 16 heavy (non-hydrogen) atoms. The molecule has 1 aromatic heterocycles. The first kappa shape index (κ1) is 11.1. The minimum absolute atomic E-state index is 0.190. The van der Waals surface area contributed by atoms with Gasteiger partial charge >= 0.3 is 4.87 Å². The molecule has 0 N–H and O–H groups in total. The second kappa shape index (κ2) is 4.63. The summed E-state index contributed by atoms with van der Waals surface area (Å²) in [5.41, 5.74) is 0.783. The van der Waals surface area contributed by atoms with Crippen molar-refractivity contribution in [2.24, 2.45) is 0 Å². The fraction of sp³-hybridized carbons (Fsp3) is 0.200. The van der Waals surface area contributed by atoms with E-state index < -0.39 is 0 Å². The van der Waals surface area contributed by atoms with Crippen LogP contribution in [0.5, 0.6) is 11.5 Å². The lowest BCUT2D eigenvalue weighted by atomic mass is 10.2. The van der Waals surface area contributed by atoms with Gasteiger partial charge in [0.2, 0.25) is 0 Å². The number of benzene rings is 1. The highest BCUT2D eigenvalue weighted by Gasteiger charge is 2.11. The summed E-state index contributed by atoms with van der Waals surface area (Å²) < 4.78 is 10.4. The standard InChI is InChI=1S/C10H9NO3S2/c1-13-6-3-4-8(14-2)7(5-6)9-11-10(12)16-15-9/h3-5H,1-2H3. The summed E-state index contributed by atoms with van der Waals surface area (Å²) in [5, 5.41) is 0.658. The Balaban J connectivity index is 2.56. The van der Waals surface area contributed by atoms with Crippen LogP contribution in [0.25, 0.3) is 10.6 Å². The highest BCUT2D eigenvalue weighted by molar-refractivity contribution is 7.69. The van der Waals surface area contributed by atoms with Gasteiger partial charge < -0.3 is 9.47 Å². The number of rotatable bonds is 3. The minimum Gasteiger partial charge on any atom is -0.497 e. The summed E-state index contributed by atoms with van der Waals surface area (Å²) in [6.07, 6.45) is 0. The first-order chi connectivity index (χ1) is 7.74. The first-order valence-electron chi connectivity index (χ1n) is 4.44. The molecular formula is C10H9NO3S2. The van der Waals surface area contributed by atoms with E-state index in [1.807, 2.05) is 6.07 Å². The van der Waals surface area contributed by atoms with E-state index in [0.29, 0.717) is 16.5 Å². The Morgan fingerprint density at radius 3 is 2.56 bits per heavy atom. The predicted molar refractivity (Wildman–Crippen MR) is 64.8 cm³/mol. The van der Waals surface area contributed by atoms with Gasteiger partial charge in [0.05, 0.1) is 19.8 Å². The molecule has 1 aromatic carbocycles. The van der Waals surface area contributed by atoms with Crippen molar-refractivity contribution in [3.05, 3.63) is 27.9 Å². The molecule has 0 saturated carbocycles. The monoisotopic (exact) mass is 255 g/mol. The van der Waals surface area contributed by atoms with E-state index in [1.165, 1.54) is 10.3 Å². The fourth-order valence-corrected chi connectivity index (χ4v) is 2.93. The van der Waals surface area contributed by atoms with Crippen molar-refractivity contribution in [2.45, 2.75) is 0 Å². The SMILES string of the molecule is COc1ccc(OC)c(-c2nc(=O)ss2)c1. The maximum atomic E-state index is 11.1. The van der Waals surface area contributed by atoms with Crippen LogP contribution in [0.1, 0.15) is 0 Å². The molecule has 0 bridgehead atoms. The zero-order chi connectivity index (χ0) is 11.5. The molecule has 0 atom stereocenters. The molecule has 6 heteroatoms. The maximum absolute atomic E-state index is 11.1. The second-order valence-corrected chi connectivity index (χ2v) is 4.99. The van der Waals surface area contributed by atoms with Crippen LogP contribution in [0.4, 0.5) is 0 Å². The van der Waals surface area contributed by atoms with Gasteiger partial charge in [-0.15, -0.1) is 0 Å². The Bertz CT molecular complexity index is 547. The summed E-state index contributed by atoms with van der Waals surface area (Å²) in [7, 11) is 5.62. The van der Waals surface area contributed by atoms with Crippen LogP contribution < -0.4 is 14.3 Å². The lowest BCUT2D eigenvalue weighted by Crippen LogP contribution is -1.94. The zero-order valence-electron chi connectivity index (χ0n) is 8.72. The molecule has 0 aliphatic carbocycles. The van der Waals surface area contributed by atoms with Gasteiger partial charge in [0.1, 0.15) is 16.5 Å². The number of ether oxygens (including phenoxy) is 2. The highest BCUT2D eigenvalue weighted by Crippen LogP contribution is 2.34. The van der Waals surface area contributed by atoms with Crippen molar-refractivity contribution in [1.82, 2.24) is 4.98 Å². The molecule has 0 radical (unpaired) electrons. The lowest BCUT2D eigenvalue weighted by molar-refractivity contribution is 0.404. The number of hydrogen-bond donors (Lipinski definition) is 0. The molecule has 0 amide bonds. The van der Waals surface area contributed by atoms with Crippen LogP contribution >= 0.6 is 20.7 Å². The van der Waals surface area contributed by atoms with Gasteiger partial charge in [0.25, 0.3) is 0 Å². The van der Waals surface area contributed by atoms with Gasteiger partial charge in [-0.3, -0.25) is 4.79 Å². The van der Waals surface area contributed by atoms with Gasteiger partial charge in [-0.05, 0) is 28.5 Å². The van der Waals surface area contributed by atoms with Crippen molar-refractivity contribution in [3.63, 3.8) is 0 Å². The molecular weight excluding hydrogens is 246 g/mol. The Morgan fingerprint density at radius 2 is 2.00 bits per heavy atom. The van der Waals surface area contributed by atoms with Crippen LogP contribution in [0.3, 0.4) is 0 Å². The normalized spacial score (nSPS) is 10.1. The van der Waals surface area contributed by atoms with Gasteiger partial charge in [0, 0.05) is 0 Å². The van der Waals surface area contributed by atoms with Crippen LogP contribution in [-0.4, -0.2) is 19.2 Å². The van der Waals surface area contributed by atoms with Crippen LogP contribution in [0.15, 0.2) is 23.0 Å². The molecule has 1 heterocycles. The average molecular weight is 255 g/mol. The summed E-state index contributed by atoms with van der Waals surface area (Å²) >= 11 is 0. The van der Waals surface area contributed by atoms with Crippen molar-refractivity contribution in [2.75, 3.05) is 14.2 Å². The summed E-state index contributed by atoms with van der Waals surface area (Å²) in [6, 6.07) is 5.41. The van der Waals surface area contributed by atoms with Gasteiger partial charge in [0.15, 0.2) is 0 Å². The Hall–Kier alpha value is -1.40. The van der Waals surface area contributed by atoms with Crippen molar-refractivity contribution in [3.8, 4) is 22.1 Å². The van der Waals surface area contributed by atoms with Crippen LogP contribution in [0.2, 0.25) is 0 Å². The van der Waals surface area contributed by atoms with Crippen molar-refractivity contribution in [1.29, 1.82) is 0 Å². The first-order valence-corrected chi connectivity index (χ1v) is 6.59. The molecule has 0 aliphatic rings. The van der Waals surface area contributed by atoms with E-state index in [2.05, 4.69) is 4.98 Å². The number of hydrogen-bond acceptors (Lipinski definition) is 6. The van der Waals surface area contributed by atoms with E-state index in [1.54, 1.807) is 26.4 Å². The van der Waals surface area contributed by atoms with Crippen molar-refractivity contribution < 1.29 is 9.47 Å². The van der Waals surface area contributed by atoms with Crippen LogP contribution in [-0.2, 0) is 0 Å². The largest absolute Gasteiger partial charge is 0.497 e. The van der Waals surface area contributed by atoms with E-state index in [4.69, 9.17) is 9.47 Å². The lowest BCUT2D eigenvalue weighted by Gasteiger charge is -2.07. The van der Waals surface area contributed by atoms with E-state index in [-0.39, 0.29) is 4.87 Å². The quantitative estimate of drug-likeness (QED) is 0.789. The van der Waals surface area contributed by atoms with Crippen molar-refractivity contribution >= 4 is 20.7 Å². The van der Waals surface area contributed by atoms with Crippen LogP contribution in [0, 0.1) is 0 Å². The molecule has 0 aliphatic heterocycles. The Morgan fingerprint density at radius 1 is 1.19 bits per heavy atom. The minimum atomic E-state index is -0.190. The number of methoxy groups -OCH3 is 2. The zero-order valence-corrected chi connectivity index (χ0v) is 10.4. The Kier molecular flexibility index (Phi) is 3.21. The van der Waals surface area contributed by atoms with Gasteiger partial charge in [-0.25, -0.2) is 0 Å². The average Bonchev–Trinajstić information content (AvgIpc) is 2.75. The Labute approximate surface area is 99.5 Å². The van der Waals surface area contributed by atoms with E-state index in [9.17, 15) is 4.79 Å². The smallest absolute Gasteiger partial charge is 0.337 e. The fourth-order valence-electron chi connectivity index (χ4n) is 1.28. The molecule has 2 rings (SSSR count). The number of nitrogens with zero attached hydrogens (tertiary/aromatic N) is 1. The molecule has 0 saturated heterocycles.